The van der Waals surface area contributed by atoms with E-state index in [0.29, 0.717) is 102 Å². The van der Waals surface area contributed by atoms with Crippen LogP contribution in [0.25, 0.3) is 0 Å². The van der Waals surface area contributed by atoms with Gasteiger partial charge in [-0.25, -0.2) is 0 Å². The van der Waals surface area contributed by atoms with Crippen LogP contribution in [-0.4, -0.2) is 40.8 Å². The molecular weight excluding hydrogens is 997 g/mol. The fourth-order valence-corrected chi connectivity index (χ4v) is 12.3. The summed E-state index contributed by atoms with van der Waals surface area (Å²) >= 11 is 0. The Morgan fingerprint density at radius 2 is 0.333 bits per heavy atom. The molecule has 6 aromatic carbocycles. The normalized spacial score (nSPS) is 15.0. The molecule has 0 N–H and O–H groups in total. The minimum absolute atomic E-state index is 0.0726. The fraction of sp³-hybridized carbons (Fsp3) is 0.300. The third-order valence-corrected chi connectivity index (χ3v) is 15.1. The van der Waals surface area contributed by atoms with Crippen molar-refractivity contribution in [2.75, 3.05) is 40.8 Å². The number of hydrogen-bond acceptors (Lipinski definition) is 18. The lowest BCUT2D eigenvalue weighted by Gasteiger charge is -2.31. The Balaban J connectivity index is 1.10. The molecule has 0 radical (unpaired) electrons. The highest BCUT2D eigenvalue weighted by Gasteiger charge is 2.35. The van der Waals surface area contributed by atoms with Crippen molar-refractivity contribution in [2.45, 2.75) is 77.0 Å². The Bertz CT molecular complexity index is 3070. The molecule has 6 aliphatic heterocycles. The zero-order valence-electron chi connectivity index (χ0n) is 41.8. The van der Waals surface area contributed by atoms with Gasteiger partial charge in [-0.15, -0.1) is 0 Å². The van der Waals surface area contributed by atoms with Gasteiger partial charge in [-0.3, -0.25) is 0 Å². The van der Waals surface area contributed by atoms with Gasteiger partial charge in [0.05, 0.1) is 108 Å². The molecule has 78 heavy (non-hydrogen) atoms. The second kappa shape index (κ2) is 19.5. The van der Waals surface area contributed by atoms with Crippen LogP contribution in [0.3, 0.4) is 0 Å². The van der Waals surface area contributed by atoms with Gasteiger partial charge >= 0.3 is 0 Å². The molecule has 18 heteroatoms. The van der Waals surface area contributed by atoms with Crippen LogP contribution in [0.15, 0.2) is 36.4 Å². The van der Waals surface area contributed by atoms with Crippen LogP contribution in [0, 0.1) is 68.0 Å². The zero-order valence-corrected chi connectivity index (χ0v) is 41.8. The van der Waals surface area contributed by atoms with Gasteiger partial charge in [0.1, 0.15) is 69.0 Å². The molecular formula is C60H42N6O12. The molecule has 0 aromatic heterocycles. The van der Waals surface area contributed by atoms with E-state index in [2.05, 4.69) is 36.4 Å². The van der Waals surface area contributed by atoms with E-state index in [9.17, 15) is 31.6 Å². The van der Waals surface area contributed by atoms with Crippen LogP contribution >= 0.6 is 0 Å². The monoisotopic (exact) mass is 1040 g/mol. The zero-order chi connectivity index (χ0) is 53.0. The molecule has 0 atom stereocenters. The Kier molecular flexibility index (Phi) is 11.9. The van der Waals surface area contributed by atoms with E-state index >= 15 is 0 Å². The van der Waals surface area contributed by atoms with Gasteiger partial charge in [0, 0.05) is 38.5 Å². The number of nitrogens with zero attached hydrogens (tertiary/aromatic N) is 6. The molecule has 384 valence electrons. The summed E-state index contributed by atoms with van der Waals surface area (Å²) in [6.45, 7) is -1.62. The van der Waals surface area contributed by atoms with Crippen molar-refractivity contribution in [3.63, 3.8) is 0 Å². The number of benzene rings is 6. The highest BCUT2D eigenvalue weighted by molar-refractivity contribution is 5.69. The summed E-state index contributed by atoms with van der Waals surface area (Å²) in [5.74, 6) is 5.12. The molecule has 0 saturated carbocycles. The van der Waals surface area contributed by atoms with Crippen molar-refractivity contribution in [2.24, 2.45) is 0 Å². The van der Waals surface area contributed by atoms with Crippen LogP contribution < -0.4 is 56.8 Å². The van der Waals surface area contributed by atoms with Gasteiger partial charge in [-0.05, 0) is 103 Å². The first kappa shape index (κ1) is 47.6. The maximum Gasteiger partial charge on any atom is 0.230 e. The van der Waals surface area contributed by atoms with Crippen molar-refractivity contribution in [1.82, 2.24) is 0 Å². The van der Waals surface area contributed by atoms with Crippen molar-refractivity contribution < 1.29 is 56.8 Å². The van der Waals surface area contributed by atoms with Crippen LogP contribution in [0.2, 0.25) is 0 Å². The predicted octanol–water partition coefficient (Wildman–Crippen LogP) is 8.31. The smallest absolute Gasteiger partial charge is 0.230 e. The van der Waals surface area contributed by atoms with Crippen molar-refractivity contribution in [1.29, 1.82) is 31.6 Å². The van der Waals surface area contributed by atoms with Gasteiger partial charge in [-0.1, -0.05) is 0 Å². The Morgan fingerprint density at radius 1 is 0.218 bits per heavy atom. The summed E-state index contributed by atoms with van der Waals surface area (Å²) < 4.78 is 77.3. The molecule has 12 bridgehead atoms. The largest absolute Gasteiger partial charge is 0.457 e. The van der Waals surface area contributed by atoms with Crippen molar-refractivity contribution in [3.05, 3.63) is 137 Å². The van der Waals surface area contributed by atoms with Gasteiger partial charge in [0.2, 0.25) is 40.8 Å². The van der Waals surface area contributed by atoms with Gasteiger partial charge in [0.25, 0.3) is 0 Å². The number of nitriles is 6. The first-order chi connectivity index (χ1) is 38.4. The number of ether oxygens (including phenoxy) is 12. The summed E-state index contributed by atoms with van der Waals surface area (Å²) in [5, 5.41) is 62.2. The second-order valence-corrected chi connectivity index (χ2v) is 19.5. The highest BCUT2D eigenvalue weighted by Crippen LogP contribution is 2.51. The molecule has 0 saturated heterocycles. The lowest BCUT2D eigenvalue weighted by atomic mass is 9.86. The summed E-state index contributed by atoms with van der Waals surface area (Å²) in [6, 6.07) is 26.0. The Labute approximate surface area is 446 Å². The van der Waals surface area contributed by atoms with Crippen LogP contribution in [0.1, 0.15) is 100 Å². The van der Waals surface area contributed by atoms with E-state index in [1.807, 2.05) is 36.4 Å². The summed E-state index contributed by atoms with van der Waals surface area (Å²) in [6.07, 6.45) is 1.04. The molecule has 1 aliphatic carbocycles. The van der Waals surface area contributed by atoms with Crippen LogP contribution in [-0.2, 0) is 77.0 Å². The Hall–Kier alpha value is -10.1. The van der Waals surface area contributed by atoms with Crippen molar-refractivity contribution in [3.8, 4) is 105 Å². The lowest BCUT2D eigenvalue weighted by molar-refractivity contribution is 0.0976. The van der Waals surface area contributed by atoms with E-state index in [1.54, 1.807) is 0 Å². The highest BCUT2D eigenvalue weighted by atomic mass is 16.7. The quantitative estimate of drug-likeness (QED) is 0.152. The average molecular weight is 1040 g/mol. The molecule has 18 nitrogen and oxygen atoms in total. The minimum atomic E-state index is -0.270. The van der Waals surface area contributed by atoms with Gasteiger partial charge in [0.15, 0.2) is 0 Å². The molecule has 0 unspecified atom stereocenters. The lowest BCUT2D eigenvalue weighted by Crippen LogP contribution is -2.22. The molecule has 13 rings (SSSR count). The molecule has 0 amide bonds. The SMILES string of the molecule is N#CCc1c2c3cc4c1OCOc1c(cc5c(c1CC#N)OCOc1c(cc6c(c1CC#N)OCOc1c(cc7c(c1CC#N)OCOc1c(cc8c(c1CC#N)OCOc1c(cc(c(c1CC#N)OCO2)C3)C8)C7)C6)C5)C4. The van der Waals surface area contributed by atoms with E-state index < -0.39 is 0 Å². The average Bonchev–Trinajstić information content (AvgIpc) is 3.53. The van der Waals surface area contributed by atoms with E-state index in [4.69, 9.17) is 56.8 Å². The standard InChI is InChI=1S/C60H42N6O12/c61-7-1-43-49-31-13-32-20-34-15-36-22-38-17-40-24-42-18-41-23-39-16-37-21-35-14-33(19-31)51(69-25-67-49)44(2-8-62)53(35)71-27-73-55(37)46(4-10-64)57(39)75-29-77-59(41)48(6-12-66)60(42)78-30-76-58(40)47(5-11-65)56(38)74-28-72-54(36)45(3-9-63)52(34)70-26-68-50(32)43/h13-18H,1-6,19-30H2. The third-order valence-electron chi connectivity index (χ3n) is 15.1. The molecule has 7 aliphatic rings. The maximum absolute atomic E-state index is 10.4. The minimum Gasteiger partial charge on any atom is -0.457 e. The molecule has 0 fully saturated rings. The van der Waals surface area contributed by atoms with E-state index in [1.165, 1.54) is 0 Å². The number of rotatable bonds is 6. The van der Waals surface area contributed by atoms with Crippen LogP contribution in [0.5, 0.6) is 69.0 Å². The van der Waals surface area contributed by atoms with E-state index in [0.717, 1.165) is 66.8 Å². The first-order valence-electron chi connectivity index (χ1n) is 25.2. The Morgan fingerprint density at radius 3 is 0.436 bits per heavy atom. The third kappa shape index (κ3) is 7.85. The maximum atomic E-state index is 10.4. The first-order valence-corrected chi connectivity index (χ1v) is 25.2. The van der Waals surface area contributed by atoms with Gasteiger partial charge in [-0.2, -0.15) is 31.6 Å². The topological polar surface area (TPSA) is 253 Å². The van der Waals surface area contributed by atoms with E-state index in [-0.39, 0.29) is 118 Å². The number of hydrogen-bond donors (Lipinski definition) is 0. The second-order valence-electron chi connectivity index (χ2n) is 19.5. The summed E-state index contributed by atoms with van der Waals surface area (Å²) in [4.78, 5) is 0. The molecule has 6 heterocycles. The summed E-state index contributed by atoms with van der Waals surface area (Å²) in [7, 11) is 0. The van der Waals surface area contributed by atoms with Gasteiger partial charge < -0.3 is 56.8 Å². The van der Waals surface area contributed by atoms with Crippen molar-refractivity contribution >= 4 is 0 Å². The predicted molar refractivity (Wildman–Crippen MR) is 268 cm³/mol. The fourth-order valence-electron chi connectivity index (χ4n) is 12.3. The summed E-state index contributed by atoms with van der Waals surface area (Å²) in [5.41, 5.74) is 12.0. The molecule has 6 aromatic rings. The van der Waals surface area contributed by atoms with Crippen LogP contribution in [0.4, 0.5) is 0 Å². The molecule has 0 spiro atoms.